The second-order valence-corrected chi connectivity index (χ2v) is 8.56. The quantitative estimate of drug-likeness (QED) is 0.703. The molecule has 2 rings (SSSR count). The van der Waals surface area contributed by atoms with Crippen molar-refractivity contribution in [2.24, 2.45) is 0 Å². The Morgan fingerprint density at radius 1 is 1.04 bits per heavy atom. The van der Waals surface area contributed by atoms with Gasteiger partial charge in [0.1, 0.15) is 12.4 Å². The number of amides is 1. The number of rotatable bonds is 8. The van der Waals surface area contributed by atoms with E-state index in [2.05, 4.69) is 5.32 Å². The summed E-state index contributed by atoms with van der Waals surface area (Å²) in [4.78, 5) is 12.2. The molecule has 0 unspecified atom stereocenters. The first-order chi connectivity index (χ1) is 12.7. The molecule has 0 saturated carbocycles. The van der Waals surface area contributed by atoms with Crippen molar-refractivity contribution in [3.05, 3.63) is 59.2 Å². The molecule has 0 aliphatic rings. The number of nitrogens with zero attached hydrogens (tertiary/aromatic N) is 1. The van der Waals surface area contributed by atoms with Crippen LogP contribution in [0, 0.1) is 20.8 Å². The number of likely N-dealkylation sites (N-methyl/N-ethyl adjacent to an activating group) is 1. The van der Waals surface area contributed by atoms with Gasteiger partial charge >= 0.3 is 0 Å². The van der Waals surface area contributed by atoms with Crippen LogP contribution in [0.1, 0.15) is 16.7 Å². The van der Waals surface area contributed by atoms with Crippen LogP contribution < -0.4 is 10.1 Å². The van der Waals surface area contributed by atoms with Crippen molar-refractivity contribution in [3.63, 3.8) is 0 Å². The van der Waals surface area contributed by atoms with Gasteiger partial charge in [-0.05, 0) is 56.2 Å². The number of benzene rings is 2. The smallest absolute Gasteiger partial charge is 0.243 e. The molecule has 2 aromatic rings. The number of carbonyl (C=O) groups is 1. The first kappa shape index (κ1) is 20.9. The summed E-state index contributed by atoms with van der Waals surface area (Å²) >= 11 is 0. The Morgan fingerprint density at radius 3 is 2.33 bits per heavy atom. The lowest BCUT2D eigenvalue weighted by Crippen LogP contribution is -2.39. The van der Waals surface area contributed by atoms with Crippen molar-refractivity contribution in [1.82, 2.24) is 9.62 Å². The molecule has 0 radical (unpaired) electrons. The maximum absolute atomic E-state index is 12.6. The molecule has 0 fully saturated rings. The Labute approximate surface area is 161 Å². The monoisotopic (exact) mass is 390 g/mol. The zero-order valence-corrected chi connectivity index (χ0v) is 17.0. The molecule has 0 spiro atoms. The van der Waals surface area contributed by atoms with Gasteiger partial charge in [0, 0.05) is 7.05 Å². The Bertz CT molecular complexity index is 893. The summed E-state index contributed by atoms with van der Waals surface area (Å²) < 4.78 is 31.8. The van der Waals surface area contributed by atoms with E-state index in [9.17, 15) is 13.2 Å². The molecule has 0 aliphatic heterocycles. The summed E-state index contributed by atoms with van der Waals surface area (Å²) in [6.45, 7) is 6.12. The minimum Gasteiger partial charge on any atom is -0.492 e. The van der Waals surface area contributed by atoms with Gasteiger partial charge in [0.2, 0.25) is 15.9 Å². The minimum atomic E-state index is -3.71. The van der Waals surface area contributed by atoms with Crippen LogP contribution >= 0.6 is 0 Å². The lowest BCUT2D eigenvalue weighted by atomic mass is 10.1. The van der Waals surface area contributed by atoms with Crippen LogP contribution in [0.4, 0.5) is 0 Å². The van der Waals surface area contributed by atoms with Gasteiger partial charge in [-0.2, -0.15) is 4.31 Å². The maximum atomic E-state index is 12.6. The SMILES string of the molecule is Cc1ccc(OCCNC(=O)CN(C)S(=O)(=O)c2ccc(C)c(C)c2)cc1. The Balaban J connectivity index is 1.83. The van der Waals surface area contributed by atoms with E-state index in [0.717, 1.165) is 26.7 Å². The fourth-order valence-electron chi connectivity index (χ4n) is 2.39. The van der Waals surface area contributed by atoms with Gasteiger partial charge in [-0.15, -0.1) is 0 Å². The number of aryl methyl sites for hydroxylation is 3. The molecule has 0 saturated heterocycles. The van der Waals surface area contributed by atoms with E-state index in [1.165, 1.54) is 7.05 Å². The summed E-state index contributed by atoms with van der Waals surface area (Å²) in [5.74, 6) is 0.349. The maximum Gasteiger partial charge on any atom is 0.243 e. The van der Waals surface area contributed by atoms with Crippen molar-refractivity contribution >= 4 is 15.9 Å². The minimum absolute atomic E-state index is 0.184. The summed E-state index contributed by atoms with van der Waals surface area (Å²) in [5, 5.41) is 2.67. The Hall–Kier alpha value is -2.38. The van der Waals surface area contributed by atoms with Crippen LogP contribution in [0.15, 0.2) is 47.4 Å². The molecule has 0 aliphatic carbocycles. The van der Waals surface area contributed by atoms with Crippen molar-refractivity contribution in [2.45, 2.75) is 25.7 Å². The molecule has 7 heteroatoms. The van der Waals surface area contributed by atoms with E-state index in [0.29, 0.717) is 13.2 Å². The summed E-state index contributed by atoms with van der Waals surface area (Å²) in [5.41, 5.74) is 3.05. The van der Waals surface area contributed by atoms with E-state index in [-0.39, 0.29) is 17.3 Å². The van der Waals surface area contributed by atoms with Crippen LogP contribution in [0.25, 0.3) is 0 Å². The van der Waals surface area contributed by atoms with Crippen LogP contribution in [-0.2, 0) is 14.8 Å². The van der Waals surface area contributed by atoms with Crippen LogP contribution in [0.2, 0.25) is 0 Å². The van der Waals surface area contributed by atoms with E-state index >= 15 is 0 Å². The third kappa shape index (κ3) is 5.80. The fourth-order valence-corrected chi connectivity index (χ4v) is 3.60. The molecule has 0 bridgehead atoms. The highest BCUT2D eigenvalue weighted by molar-refractivity contribution is 7.89. The summed E-state index contributed by atoms with van der Waals surface area (Å²) in [6.07, 6.45) is 0. The predicted octanol–water partition coefficient (Wildman–Crippen LogP) is 2.43. The highest BCUT2D eigenvalue weighted by Crippen LogP contribution is 2.18. The largest absolute Gasteiger partial charge is 0.492 e. The van der Waals surface area contributed by atoms with E-state index in [4.69, 9.17) is 4.74 Å². The Morgan fingerprint density at radius 2 is 1.70 bits per heavy atom. The van der Waals surface area contributed by atoms with Gasteiger partial charge in [0.05, 0.1) is 18.0 Å². The van der Waals surface area contributed by atoms with Gasteiger partial charge in [-0.3, -0.25) is 4.79 Å². The molecule has 0 atom stereocenters. The van der Waals surface area contributed by atoms with Crippen molar-refractivity contribution in [1.29, 1.82) is 0 Å². The predicted molar refractivity (Wildman–Crippen MR) is 105 cm³/mol. The van der Waals surface area contributed by atoms with Gasteiger partial charge in [-0.1, -0.05) is 23.8 Å². The number of ether oxygens (including phenoxy) is 1. The zero-order valence-electron chi connectivity index (χ0n) is 16.2. The molecule has 1 amide bonds. The lowest BCUT2D eigenvalue weighted by molar-refractivity contribution is -0.121. The first-order valence-electron chi connectivity index (χ1n) is 8.70. The molecule has 2 aromatic carbocycles. The molecule has 146 valence electrons. The van der Waals surface area contributed by atoms with Crippen LogP contribution in [0.5, 0.6) is 5.75 Å². The fraction of sp³-hybridized carbons (Fsp3) is 0.350. The van der Waals surface area contributed by atoms with E-state index < -0.39 is 10.0 Å². The van der Waals surface area contributed by atoms with Crippen LogP contribution in [0.3, 0.4) is 0 Å². The molecular formula is C20H26N2O4S. The Kier molecular flexibility index (Phi) is 6.98. The molecule has 27 heavy (non-hydrogen) atoms. The first-order valence-corrected chi connectivity index (χ1v) is 10.1. The third-order valence-electron chi connectivity index (χ3n) is 4.27. The number of carbonyl (C=O) groups excluding carboxylic acids is 1. The standard InChI is InChI=1S/C20H26N2O4S/c1-15-5-8-18(9-6-15)26-12-11-21-20(23)14-22(4)27(24,25)19-10-7-16(2)17(3)13-19/h5-10,13H,11-12,14H2,1-4H3,(H,21,23). The number of sulfonamides is 1. The van der Waals surface area contributed by atoms with E-state index in [1.54, 1.807) is 18.2 Å². The average molecular weight is 391 g/mol. The summed E-state index contributed by atoms with van der Waals surface area (Å²) in [6, 6.07) is 12.6. The number of hydrogen-bond donors (Lipinski definition) is 1. The normalized spacial score (nSPS) is 11.4. The van der Waals surface area contributed by atoms with Crippen molar-refractivity contribution in [2.75, 3.05) is 26.7 Å². The summed E-state index contributed by atoms with van der Waals surface area (Å²) in [7, 11) is -2.31. The highest BCUT2D eigenvalue weighted by Gasteiger charge is 2.23. The van der Waals surface area contributed by atoms with Crippen LogP contribution in [-0.4, -0.2) is 45.4 Å². The van der Waals surface area contributed by atoms with Gasteiger partial charge in [-0.25, -0.2) is 8.42 Å². The molecular weight excluding hydrogens is 364 g/mol. The van der Waals surface area contributed by atoms with E-state index in [1.807, 2.05) is 45.0 Å². The zero-order chi connectivity index (χ0) is 20.0. The number of hydrogen-bond acceptors (Lipinski definition) is 4. The third-order valence-corrected chi connectivity index (χ3v) is 6.07. The van der Waals surface area contributed by atoms with Crippen molar-refractivity contribution < 1.29 is 17.9 Å². The molecule has 0 aromatic heterocycles. The second-order valence-electron chi connectivity index (χ2n) is 6.52. The molecule has 6 nitrogen and oxygen atoms in total. The second kappa shape index (κ2) is 9.01. The highest BCUT2D eigenvalue weighted by atomic mass is 32.2. The number of nitrogens with one attached hydrogen (secondary N) is 1. The molecule has 0 heterocycles. The lowest BCUT2D eigenvalue weighted by Gasteiger charge is -2.17. The average Bonchev–Trinajstić information content (AvgIpc) is 2.62. The molecule has 1 N–H and O–H groups in total. The van der Waals surface area contributed by atoms with Gasteiger partial charge in [0.15, 0.2) is 0 Å². The topological polar surface area (TPSA) is 75.7 Å². The van der Waals surface area contributed by atoms with Crippen molar-refractivity contribution in [3.8, 4) is 5.75 Å². The van der Waals surface area contributed by atoms with Gasteiger partial charge in [0.25, 0.3) is 0 Å². The van der Waals surface area contributed by atoms with Gasteiger partial charge < -0.3 is 10.1 Å².